The Kier molecular flexibility index (Phi) is 5.32. The van der Waals surface area contributed by atoms with Crippen molar-refractivity contribution in [3.8, 4) is 0 Å². The van der Waals surface area contributed by atoms with E-state index in [1.807, 2.05) is 19.1 Å². The first-order valence-corrected chi connectivity index (χ1v) is 7.63. The number of aryl methyl sites for hydroxylation is 1. The van der Waals surface area contributed by atoms with E-state index in [-0.39, 0.29) is 11.9 Å². The molecule has 0 saturated carbocycles. The molecule has 0 aliphatic heterocycles. The van der Waals surface area contributed by atoms with Gasteiger partial charge in [-0.25, -0.2) is 4.39 Å². The summed E-state index contributed by atoms with van der Waals surface area (Å²) in [5, 5.41) is 3.37. The highest BCUT2D eigenvalue weighted by Gasteiger charge is 2.15. The lowest BCUT2D eigenvalue weighted by Crippen LogP contribution is -2.24. The van der Waals surface area contributed by atoms with Gasteiger partial charge in [0.25, 0.3) is 0 Å². The Morgan fingerprint density at radius 3 is 2.45 bits per heavy atom. The molecule has 0 bridgehead atoms. The summed E-state index contributed by atoms with van der Waals surface area (Å²) in [6, 6.07) is 13.7. The molecule has 0 spiro atoms. The molecule has 0 saturated heterocycles. The molecular weight excluding hydrogens is 317 g/mol. The van der Waals surface area contributed by atoms with Gasteiger partial charge >= 0.3 is 0 Å². The van der Waals surface area contributed by atoms with E-state index in [9.17, 15) is 4.39 Å². The number of likely N-dealkylation sites (N-methyl/N-ethyl adjacent to an activating group) is 1. The third-order valence-corrected chi connectivity index (χ3v) is 3.84. The monoisotopic (exact) mass is 335 g/mol. The van der Waals surface area contributed by atoms with E-state index < -0.39 is 0 Å². The lowest BCUT2D eigenvalue weighted by atomic mass is 9.98. The van der Waals surface area contributed by atoms with E-state index in [4.69, 9.17) is 0 Å². The van der Waals surface area contributed by atoms with Gasteiger partial charge in [-0.05, 0) is 37.6 Å². The number of halogens is 2. The van der Waals surface area contributed by atoms with Gasteiger partial charge < -0.3 is 5.32 Å². The van der Waals surface area contributed by atoms with Crippen molar-refractivity contribution in [2.24, 2.45) is 0 Å². The number of hydrogen-bond donors (Lipinski definition) is 1. The van der Waals surface area contributed by atoms with Crippen molar-refractivity contribution in [2.75, 3.05) is 6.54 Å². The number of nitrogens with one attached hydrogen (secondary N) is 1. The molecule has 20 heavy (non-hydrogen) atoms. The molecule has 106 valence electrons. The second kappa shape index (κ2) is 7.00. The van der Waals surface area contributed by atoms with Gasteiger partial charge in [0.05, 0.1) is 0 Å². The van der Waals surface area contributed by atoms with Gasteiger partial charge in [0.15, 0.2) is 0 Å². The maximum Gasteiger partial charge on any atom is 0.129 e. The van der Waals surface area contributed by atoms with Gasteiger partial charge in [-0.1, -0.05) is 58.7 Å². The first-order valence-electron chi connectivity index (χ1n) is 6.84. The Morgan fingerprint density at radius 1 is 1.15 bits per heavy atom. The van der Waals surface area contributed by atoms with Gasteiger partial charge in [-0.3, -0.25) is 0 Å². The summed E-state index contributed by atoms with van der Waals surface area (Å²) in [5.74, 6) is -0.169. The molecule has 0 aliphatic rings. The lowest BCUT2D eigenvalue weighted by molar-refractivity contribution is 0.509. The molecule has 2 aromatic carbocycles. The molecule has 1 atom stereocenters. The molecule has 0 heterocycles. The first kappa shape index (κ1) is 15.2. The Morgan fingerprint density at radius 2 is 1.85 bits per heavy atom. The van der Waals surface area contributed by atoms with Crippen LogP contribution in [0, 0.1) is 12.7 Å². The lowest BCUT2D eigenvalue weighted by Gasteiger charge is -2.19. The minimum atomic E-state index is -0.169. The van der Waals surface area contributed by atoms with Gasteiger partial charge in [-0.2, -0.15) is 0 Å². The predicted molar refractivity (Wildman–Crippen MR) is 85.4 cm³/mol. The Balaban J connectivity index is 2.24. The average molecular weight is 336 g/mol. The fourth-order valence-corrected chi connectivity index (χ4v) is 2.62. The third kappa shape index (κ3) is 3.90. The number of benzene rings is 2. The standard InChI is InChI=1S/C17H19BrFN/c1-3-20-17(10-13-6-4-12(2)5-7-13)15-9-8-14(18)11-16(15)19/h4-9,11,17,20H,3,10H2,1-2H3. The summed E-state index contributed by atoms with van der Waals surface area (Å²) in [6.45, 7) is 4.92. The van der Waals surface area contributed by atoms with Crippen LogP contribution in [-0.2, 0) is 6.42 Å². The SMILES string of the molecule is CCNC(Cc1ccc(C)cc1)c1ccc(Br)cc1F. The summed E-state index contributed by atoms with van der Waals surface area (Å²) in [7, 11) is 0. The highest BCUT2D eigenvalue weighted by Crippen LogP contribution is 2.24. The van der Waals surface area contributed by atoms with Crippen LogP contribution in [0.4, 0.5) is 4.39 Å². The highest BCUT2D eigenvalue weighted by atomic mass is 79.9. The van der Waals surface area contributed by atoms with Crippen molar-refractivity contribution in [1.82, 2.24) is 5.32 Å². The average Bonchev–Trinajstić information content (AvgIpc) is 2.41. The fourth-order valence-electron chi connectivity index (χ4n) is 2.28. The Bertz CT molecular complexity index is 566. The molecule has 1 N–H and O–H groups in total. The molecule has 0 aromatic heterocycles. The van der Waals surface area contributed by atoms with Gasteiger partial charge in [0, 0.05) is 16.1 Å². The van der Waals surface area contributed by atoms with E-state index in [0.29, 0.717) is 0 Å². The number of hydrogen-bond acceptors (Lipinski definition) is 1. The van der Waals surface area contributed by atoms with Crippen molar-refractivity contribution in [2.45, 2.75) is 26.3 Å². The summed E-state index contributed by atoms with van der Waals surface area (Å²) < 4.78 is 14.9. The van der Waals surface area contributed by atoms with Crippen LogP contribution in [0.3, 0.4) is 0 Å². The zero-order chi connectivity index (χ0) is 14.5. The first-order chi connectivity index (χ1) is 9.60. The summed E-state index contributed by atoms with van der Waals surface area (Å²) >= 11 is 3.30. The minimum Gasteiger partial charge on any atom is -0.310 e. The molecule has 2 aromatic rings. The molecule has 1 nitrogen and oxygen atoms in total. The summed E-state index contributed by atoms with van der Waals surface area (Å²) in [4.78, 5) is 0. The second-order valence-electron chi connectivity index (χ2n) is 4.97. The smallest absolute Gasteiger partial charge is 0.129 e. The molecule has 0 fully saturated rings. The van der Waals surface area contributed by atoms with Crippen molar-refractivity contribution in [1.29, 1.82) is 0 Å². The highest BCUT2D eigenvalue weighted by molar-refractivity contribution is 9.10. The van der Waals surface area contributed by atoms with Gasteiger partial charge in [0.2, 0.25) is 0 Å². The van der Waals surface area contributed by atoms with Crippen LogP contribution in [0.1, 0.15) is 29.7 Å². The van der Waals surface area contributed by atoms with Crippen LogP contribution >= 0.6 is 15.9 Å². The zero-order valence-corrected chi connectivity index (χ0v) is 13.4. The predicted octanol–water partition coefficient (Wildman–Crippen LogP) is 4.79. The van der Waals surface area contributed by atoms with Crippen LogP contribution < -0.4 is 5.32 Å². The Labute approximate surface area is 128 Å². The second-order valence-corrected chi connectivity index (χ2v) is 5.88. The van der Waals surface area contributed by atoms with Crippen LogP contribution in [-0.4, -0.2) is 6.54 Å². The summed E-state index contributed by atoms with van der Waals surface area (Å²) in [6.07, 6.45) is 0.784. The summed E-state index contributed by atoms with van der Waals surface area (Å²) in [5.41, 5.74) is 3.17. The largest absolute Gasteiger partial charge is 0.310 e. The minimum absolute atomic E-state index is 0.00388. The van der Waals surface area contributed by atoms with Crippen molar-refractivity contribution < 1.29 is 4.39 Å². The van der Waals surface area contributed by atoms with Crippen LogP contribution in [0.25, 0.3) is 0 Å². The van der Waals surface area contributed by atoms with E-state index in [1.54, 1.807) is 0 Å². The topological polar surface area (TPSA) is 12.0 Å². The molecule has 1 unspecified atom stereocenters. The molecule has 3 heteroatoms. The van der Waals surface area contributed by atoms with Crippen LogP contribution in [0.15, 0.2) is 46.9 Å². The Hall–Kier alpha value is -1.19. The van der Waals surface area contributed by atoms with Gasteiger partial charge in [-0.15, -0.1) is 0 Å². The number of rotatable bonds is 5. The van der Waals surface area contributed by atoms with E-state index in [0.717, 1.165) is 23.0 Å². The maximum absolute atomic E-state index is 14.1. The van der Waals surface area contributed by atoms with E-state index in [2.05, 4.69) is 52.4 Å². The maximum atomic E-state index is 14.1. The van der Waals surface area contributed by atoms with Crippen LogP contribution in [0.2, 0.25) is 0 Å². The van der Waals surface area contributed by atoms with E-state index in [1.165, 1.54) is 17.2 Å². The fraction of sp³-hybridized carbons (Fsp3) is 0.294. The van der Waals surface area contributed by atoms with Crippen molar-refractivity contribution >= 4 is 15.9 Å². The van der Waals surface area contributed by atoms with Gasteiger partial charge in [0.1, 0.15) is 5.82 Å². The third-order valence-electron chi connectivity index (χ3n) is 3.35. The van der Waals surface area contributed by atoms with Crippen molar-refractivity contribution in [3.63, 3.8) is 0 Å². The molecular formula is C17H19BrFN. The normalized spacial score (nSPS) is 12.4. The molecule has 2 rings (SSSR count). The zero-order valence-electron chi connectivity index (χ0n) is 11.8. The molecule has 0 aliphatic carbocycles. The van der Waals surface area contributed by atoms with Crippen LogP contribution in [0.5, 0.6) is 0 Å². The molecule has 0 radical (unpaired) electrons. The molecule has 0 amide bonds. The van der Waals surface area contributed by atoms with Crippen molar-refractivity contribution in [3.05, 3.63) is 69.4 Å². The van der Waals surface area contributed by atoms with E-state index >= 15 is 0 Å². The quantitative estimate of drug-likeness (QED) is 0.828.